The number of aromatic nitrogens is 3. The lowest BCUT2D eigenvalue weighted by atomic mass is 10.1. The standard InChI is InChI=1S/C24H19F3N4O4/c1-14(16-4-6-17(7-5-16)23(33)34)28-22(32)21-20(18-10-11-35-13-18)29-30-31(21)12-15-2-8-19(9-3-15)24(25,26)27/h2-11,13-14H,12H2,1H3,(H,28,32)(H,33,34)/t14-/m0/s1. The average Bonchev–Trinajstić information content (AvgIpc) is 3.49. The Bertz CT molecular complexity index is 1330. The maximum Gasteiger partial charge on any atom is 0.416 e. The molecule has 0 aliphatic heterocycles. The van der Waals surface area contributed by atoms with Crippen LogP contribution >= 0.6 is 0 Å². The van der Waals surface area contributed by atoms with E-state index in [0.717, 1.165) is 12.1 Å². The smallest absolute Gasteiger partial charge is 0.416 e. The van der Waals surface area contributed by atoms with Gasteiger partial charge in [0, 0.05) is 5.56 Å². The molecule has 0 saturated heterocycles. The summed E-state index contributed by atoms with van der Waals surface area (Å²) in [5, 5.41) is 20.0. The lowest BCUT2D eigenvalue weighted by Crippen LogP contribution is -2.29. The molecule has 11 heteroatoms. The van der Waals surface area contributed by atoms with Crippen molar-refractivity contribution in [2.75, 3.05) is 0 Å². The van der Waals surface area contributed by atoms with E-state index in [2.05, 4.69) is 15.6 Å². The molecule has 2 aromatic heterocycles. The highest BCUT2D eigenvalue weighted by Crippen LogP contribution is 2.29. The molecule has 2 N–H and O–H groups in total. The first-order valence-corrected chi connectivity index (χ1v) is 10.4. The Morgan fingerprint density at radius 2 is 1.77 bits per heavy atom. The van der Waals surface area contributed by atoms with E-state index in [1.54, 1.807) is 25.1 Å². The molecule has 0 aliphatic rings. The molecule has 180 valence electrons. The van der Waals surface area contributed by atoms with Gasteiger partial charge in [-0.15, -0.1) is 5.10 Å². The molecule has 0 radical (unpaired) electrons. The fraction of sp³-hybridized carbons (Fsp3) is 0.167. The predicted molar refractivity (Wildman–Crippen MR) is 118 cm³/mol. The number of nitrogens with zero attached hydrogens (tertiary/aromatic N) is 3. The number of halogens is 3. The van der Waals surface area contributed by atoms with Crippen LogP contribution in [0.3, 0.4) is 0 Å². The highest BCUT2D eigenvalue weighted by molar-refractivity contribution is 5.98. The number of carbonyl (C=O) groups is 2. The molecule has 4 aromatic rings. The Morgan fingerprint density at radius 3 is 2.34 bits per heavy atom. The first-order valence-electron chi connectivity index (χ1n) is 10.4. The summed E-state index contributed by atoms with van der Waals surface area (Å²) in [5.74, 6) is -1.58. The van der Waals surface area contributed by atoms with Crippen molar-refractivity contribution in [1.29, 1.82) is 0 Å². The molecule has 0 bridgehead atoms. The third-order valence-corrected chi connectivity index (χ3v) is 5.36. The van der Waals surface area contributed by atoms with Crippen LogP contribution in [0.2, 0.25) is 0 Å². The molecule has 1 atom stereocenters. The summed E-state index contributed by atoms with van der Waals surface area (Å²) in [6.45, 7) is 1.74. The lowest BCUT2D eigenvalue weighted by molar-refractivity contribution is -0.137. The number of benzene rings is 2. The topological polar surface area (TPSA) is 110 Å². The van der Waals surface area contributed by atoms with Crippen LogP contribution < -0.4 is 5.32 Å². The van der Waals surface area contributed by atoms with Gasteiger partial charge in [0.05, 0.1) is 36.2 Å². The van der Waals surface area contributed by atoms with Crippen molar-refractivity contribution >= 4 is 11.9 Å². The largest absolute Gasteiger partial charge is 0.478 e. The molecule has 0 fully saturated rings. The molecule has 2 aromatic carbocycles. The number of hydrogen-bond acceptors (Lipinski definition) is 5. The van der Waals surface area contributed by atoms with Crippen LogP contribution in [0.1, 0.15) is 50.5 Å². The summed E-state index contributed by atoms with van der Waals surface area (Å²) >= 11 is 0. The first-order chi connectivity index (χ1) is 16.6. The van der Waals surface area contributed by atoms with Crippen LogP contribution in [-0.4, -0.2) is 32.0 Å². The number of furan rings is 1. The van der Waals surface area contributed by atoms with Crippen molar-refractivity contribution < 1.29 is 32.3 Å². The number of aromatic carboxylic acids is 1. The van der Waals surface area contributed by atoms with Gasteiger partial charge in [-0.3, -0.25) is 4.79 Å². The Morgan fingerprint density at radius 1 is 1.09 bits per heavy atom. The Labute approximate surface area is 197 Å². The van der Waals surface area contributed by atoms with Gasteiger partial charge >= 0.3 is 12.1 Å². The van der Waals surface area contributed by atoms with Crippen molar-refractivity contribution in [3.63, 3.8) is 0 Å². The molecule has 0 spiro atoms. The highest BCUT2D eigenvalue weighted by Gasteiger charge is 2.30. The molecule has 4 rings (SSSR count). The van der Waals surface area contributed by atoms with Gasteiger partial charge in [-0.2, -0.15) is 13.2 Å². The van der Waals surface area contributed by atoms with Crippen LogP contribution in [0.5, 0.6) is 0 Å². The molecule has 2 heterocycles. The molecule has 0 aliphatic carbocycles. The van der Waals surface area contributed by atoms with E-state index in [-0.39, 0.29) is 23.5 Å². The number of amides is 1. The van der Waals surface area contributed by atoms with Crippen LogP contribution in [0.4, 0.5) is 13.2 Å². The molecular formula is C24H19F3N4O4. The molecule has 1 amide bonds. The van der Waals surface area contributed by atoms with Gasteiger partial charge in [0.2, 0.25) is 0 Å². The second kappa shape index (κ2) is 9.45. The second-order valence-electron chi connectivity index (χ2n) is 7.77. The number of carboxylic acid groups (broad SMARTS) is 1. The number of alkyl halides is 3. The first kappa shape index (κ1) is 23.7. The quantitative estimate of drug-likeness (QED) is 0.390. The van der Waals surface area contributed by atoms with Gasteiger partial charge in [-0.1, -0.05) is 29.5 Å². The highest BCUT2D eigenvalue weighted by atomic mass is 19.4. The maximum atomic E-state index is 13.3. The summed E-state index contributed by atoms with van der Waals surface area (Å²) in [4.78, 5) is 24.4. The van der Waals surface area contributed by atoms with Gasteiger partial charge < -0.3 is 14.8 Å². The lowest BCUT2D eigenvalue weighted by Gasteiger charge is -2.16. The summed E-state index contributed by atoms with van der Waals surface area (Å²) in [6.07, 6.45) is -1.64. The van der Waals surface area contributed by atoms with E-state index in [9.17, 15) is 22.8 Å². The SMILES string of the molecule is C[C@H](NC(=O)c1c(-c2ccoc2)nnn1Cc1ccc(C(F)(F)F)cc1)c1ccc(C(=O)O)cc1. The maximum absolute atomic E-state index is 13.3. The van der Waals surface area contributed by atoms with Crippen LogP contribution in [-0.2, 0) is 12.7 Å². The summed E-state index contributed by atoms with van der Waals surface area (Å²) in [5.41, 5.74) is 1.36. The van der Waals surface area contributed by atoms with Gasteiger partial charge in [-0.05, 0) is 48.4 Å². The Hall–Kier alpha value is -4.41. The third-order valence-electron chi connectivity index (χ3n) is 5.36. The number of rotatable bonds is 7. The van der Waals surface area contributed by atoms with E-state index in [4.69, 9.17) is 9.52 Å². The second-order valence-corrected chi connectivity index (χ2v) is 7.77. The van der Waals surface area contributed by atoms with Crippen molar-refractivity contribution in [2.45, 2.75) is 25.7 Å². The zero-order chi connectivity index (χ0) is 25.2. The number of carbonyl (C=O) groups excluding carboxylic acids is 1. The van der Waals surface area contributed by atoms with Gasteiger partial charge in [0.25, 0.3) is 5.91 Å². The Balaban J connectivity index is 1.61. The van der Waals surface area contributed by atoms with E-state index >= 15 is 0 Å². The summed E-state index contributed by atoms with van der Waals surface area (Å²) in [6, 6.07) is 11.8. The van der Waals surface area contributed by atoms with Crippen LogP contribution in [0, 0.1) is 0 Å². The van der Waals surface area contributed by atoms with Crippen LogP contribution in [0.15, 0.2) is 71.5 Å². The summed E-state index contributed by atoms with van der Waals surface area (Å²) < 4.78 is 45.0. The molecule has 35 heavy (non-hydrogen) atoms. The average molecular weight is 484 g/mol. The monoisotopic (exact) mass is 484 g/mol. The number of carboxylic acids is 1. The van der Waals surface area contributed by atoms with Gasteiger partial charge in [0.1, 0.15) is 5.69 Å². The fourth-order valence-corrected chi connectivity index (χ4v) is 3.48. The minimum absolute atomic E-state index is 0.00737. The van der Waals surface area contributed by atoms with Crippen molar-refractivity contribution in [3.8, 4) is 11.3 Å². The zero-order valence-electron chi connectivity index (χ0n) is 18.3. The molecule has 0 unspecified atom stereocenters. The minimum atomic E-state index is -4.45. The zero-order valence-corrected chi connectivity index (χ0v) is 18.3. The molecule has 0 saturated carbocycles. The van der Waals surface area contributed by atoms with Crippen molar-refractivity contribution in [3.05, 3.63) is 95.1 Å². The van der Waals surface area contributed by atoms with E-state index in [1.807, 2.05) is 0 Å². The summed E-state index contributed by atoms with van der Waals surface area (Å²) in [7, 11) is 0. The molecule has 8 nitrogen and oxygen atoms in total. The third kappa shape index (κ3) is 5.24. The number of nitrogens with one attached hydrogen (secondary N) is 1. The van der Waals surface area contributed by atoms with Crippen molar-refractivity contribution in [1.82, 2.24) is 20.3 Å². The van der Waals surface area contributed by atoms with Crippen LogP contribution in [0.25, 0.3) is 11.3 Å². The van der Waals surface area contributed by atoms with Gasteiger partial charge in [-0.25, -0.2) is 9.48 Å². The van der Waals surface area contributed by atoms with E-state index in [1.165, 1.54) is 41.5 Å². The predicted octanol–water partition coefficient (Wildman–Crippen LogP) is 4.79. The van der Waals surface area contributed by atoms with Crippen molar-refractivity contribution in [2.24, 2.45) is 0 Å². The number of hydrogen-bond donors (Lipinski definition) is 2. The fourth-order valence-electron chi connectivity index (χ4n) is 3.48. The molecular weight excluding hydrogens is 465 g/mol. The Kier molecular flexibility index (Phi) is 6.41. The van der Waals surface area contributed by atoms with E-state index in [0.29, 0.717) is 16.7 Å². The minimum Gasteiger partial charge on any atom is -0.478 e. The normalized spacial score (nSPS) is 12.3. The van der Waals surface area contributed by atoms with Gasteiger partial charge in [0.15, 0.2) is 5.69 Å². The van der Waals surface area contributed by atoms with E-state index < -0.39 is 29.7 Å².